The molecule has 0 saturated carbocycles. The zero-order valence-electron chi connectivity index (χ0n) is 18.3. The molecule has 160 valence electrons. The second-order valence-electron chi connectivity index (χ2n) is 9.31. The third-order valence-corrected chi connectivity index (χ3v) is 6.11. The summed E-state index contributed by atoms with van der Waals surface area (Å²) in [5.74, 6) is 0.646. The van der Waals surface area contributed by atoms with Crippen LogP contribution in [0.1, 0.15) is 62.2 Å². The molecule has 0 aliphatic carbocycles. The van der Waals surface area contributed by atoms with Crippen LogP contribution in [-0.2, 0) is 5.54 Å². The average molecular weight is 411 g/mol. The fraction of sp³-hybridized carbons (Fsp3) is 0.545. The van der Waals surface area contributed by atoms with Gasteiger partial charge in [-0.25, -0.2) is 4.68 Å². The van der Waals surface area contributed by atoms with Gasteiger partial charge in [-0.05, 0) is 80.5 Å². The number of nitrogens with zero attached hydrogens (tertiary/aromatic N) is 5. The van der Waals surface area contributed by atoms with E-state index >= 15 is 0 Å². The number of H-pyrrole nitrogens is 1. The fourth-order valence-corrected chi connectivity index (χ4v) is 4.23. The number of benzene rings is 1. The van der Waals surface area contributed by atoms with Crippen LogP contribution in [0.3, 0.4) is 0 Å². The fourth-order valence-electron chi connectivity index (χ4n) is 4.23. The Morgan fingerprint density at radius 2 is 1.90 bits per heavy atom. The van der Waals surface area contributed by atoms with E-state index < -0.39 is 0 Å². The topological polar surface area (TPSA) is 99.9 Å². The van der Waals surface area contributed by atoms with E-state index in [0.717, 1.165) is 22.0 Å². The van der Waals surface area contributed by atoms with Crippen LogP contribution in [0.4, 0.5) is 0 Å². The van der Waals surface area contributed by atoms with Crippen LogP contribution in [0.2, 0.25) is 0 Å². The maximum Gasteiger partial charge on any atom is 0.253 e. The number of aliphatic hydroxyl groups excluding tert-OH is 1. The first-order chi connectivity index (χ1) is 14.2. The maximum atomic E-state index is 13.3. The Morgan fingerprint density at radius 1 is 1.20 bits per heavy atom. The van der Waals surface area contributed by atoms with Crippen molar-refractivity contribution in [1.82, 2.24) is 30.1 Å². The molecule has 4 rings (SSSR count). The summed E-state index contributed by atoms with van der Waals surface area (Å²) in [6.07, 6.45) is 1.02. The number of tetrazole rings is 1. The Hall–Kier alpha value is -2.58. The highest BCUT2D eigenvalue weighted by Crippen LogP contribution is 2.32. The van der Waals surface area contributed by atoms with Crippen molar-refractivity contribution in [2.75, 3.05) is 13.1 Å². The first kappa shape index (κ1) is 20.7. The molecule has 0 bridgehead atoms. The van der Waals surface area contributed by atoms with E-state index in [2.05, 4.69) is 31.5 Å². The summed E-state index contributed by atoms with van der Waals surface area (Å²) in [5, 5.41) is 23.5. The third kappa shape index (κ3) is 3.65. The predicted molar refractivity (Wildman–Crippen MR) is 116 cm³/mol. The number of nitrogens with one attached hydrogen (secondary N) is 1. The van der Waals surface area contributed by atoms with Crippen LogP contribution in [-0.4, -0.2) is 54.4 Å². The number of aryl methyl sites for hydroxylation is 2. The van der Waals surface area contributed by atoms with Gasteiger partial charge in [0.25, 0.3) is 5.56 Å². The highest BCUT2D eigenvalue weighted by molar-refractivity contribution is 5.83. The number of hydrogen-bond acceptors (Lipinski definition) is 6. The van der Waals surface area contributed by atoms with Crippen LogP contribution >= 0.6 is 0 Å². The quantitative estimate of drug-likeness (QED) is 0.688. The number of rotatable bonds is 3. The molecular formula is C22H30N6O2. The van der Waals surface area contributed by atoms with Crippen molar-refractivity contribution in [2.24, 2.45) is 0 Å². The van der Waals surface area contributed by atoms with Crippen molar-refractivity contribution < 1.29 is 5.11 Å². The predicted octanol–water partition coefficient (Wildman–Crippen LogP) is 2.43. The Bertz CT molecular complexity index is 1120. The van der Waals surface area contributed by atoms with Crippen LogP contribution in [0.15, 0.2) is 23.0 Å². The van der Waals surface area contributed by atoms with Gasteiger partial charge < -0.3 is 10.1 Å². The molecule has 0 radical (unpaired) electrons. The van der Waals surface area contributed by atoms with Gasteiger partial charge in [-0.1, -0.05) is 12.1 Å². The minimum Gasteiger partial charge on any atom is -0.393 e. The first-order valence-electron chi connectivity index (χ1n) is 10.5. The number of hydrogen-bond donors (Lipinski definition) is 2. The first-order valence-corrected chi connectivity index (χ1v) is 10.5. The van der Waals surface area contributed by atoms with Crippen LogP contribution in [0.25, 0.3) is 10.9 Å². The number of aromatic amines is 1. The minimum absolute atomic E-state index is 0.129. The Labute approximate surface area is 175 Å². The molecule has 8 nitrogen and oxygen atoms in total. The van der Waals surface area contributed by atoms with Gasteiger partial charge in [0, 0.05) is 18.7 Å². The Balaban J connectivity index is 1.91. The summed E-state index contributed by atoms with van der Waals surface area (Å²) in [6, 6.07) is 5.70. The number of piperidine rings is 1. The van der Waals surface area contributed by atoms with Gasteiger partial charge in [-0.2, -0.15) is 0 Å². The smallest absolute Gasteiger partial charge is 0.253 e. The van der Waals surface area contributed by atoms with E-state index in [-0.39, 0.29) is 23.2 Å². The van der Waals surface area contributed by atoms with Crippen molar-refractivity contribution in [3.8, 4) is 0 Å². The standard InChI is InChI=1S/C22H30N6O2/c1-13-6-7-15-12-17(21(30)23-18(15)14(13)2)19(27-10-8-16(29)9-11-27)20-24-25-26-28(20)22(3,4)5/h6-7,12,16,19,29H,8-11H2,1-5H3,(H,23,30)/t19-/m0/s1. The molecule has 1 fully saturated rings. The molecular weight excluding hydrogens is 380 g/mol. The summed E-state index contributed by atoms with van der Waals surface area (Å²) in [7, 11) is 0. The zero-order chi connectivity index (χ0) is 21.6. The summed E-state index contributed by atoms with van der Waals surface area (Å²) in [5.41, 5.74) is 3.26. The van der Waals surface area contributed by atoms with E-state index in [9.17, 15) is 9.90 Å². The third-order valence-electron chi connectivity index (χ3n) is 6.11. The lowest BCUT2D eigenvalue weighted by Crippen LogP contribution is -2.42. The van der Waals surface area contributed by atoms with Gasteiger partial charge >= 0.3 is 0 Å². The molecule has 1 aliphatic heterocycles. The average Bonchev–Trinajstić information content (AvgIpc) is 3.17. The monoisotopic (exact) mass is 410 g/mol. The Kier molecular flexibility index (Phi) is 5.23. The highest BCUT2D eigenvalue weighted by atomic mass is 16.3. The molecule has 3 aromatic rings. The second kappa shape index (κ2) is 7.59. The number of fused-ring (bicyclic) bond motifs is 1. The van der Waals surface area contributed by atoms with Crippen molar-refractivity contribution in [1.29, 1.82) is 0 Å². The number of likely N-dealkylation sites (tertiary alicyclic amines) is 1. The molecule has 2 N–H and O–H groups in total. The molecule has 2 aromatic heterocycles. The van der Waals surface area contributed by atoms with Gasteiger partial charge in [0.2, 0.25) is 0 Å². The van der Waals surface area contributed by atoms with E-state index in [0.29, 0.717) is 37.3 Å². The zero-order valence-corrected chi connectivity index (χ0v) is 18.3. The van der Waals surface area contributed by atoms with Crippen molar-refractivity contribution in [2.45, 2.75) is 65.1 Å². The summed E-state index contributed by atoms with van der Waals surface area (Å²) in [4.78, 5) is 18.6. The second-order valence-corrected chi connectivity index (χ2v) is 9.31. The SMILES string of the molecule is Cc1ccc2cc([C@@H](c3nnnn3C(C)(C)C)N3CCC(O)CC3)c(=O)[nH]c2c1C. The van der Waals surface area contributed by atoms with Gasteiger partial charge in [0.05, 0.1) is 17.2 Å². The van der Waals surface area contributed by atoms with Crippen molar-refractivity contribution >= 4 is 10.9 Å². The van der Waals surface area contributed by atoms with Crippen molar-refractivity contribution in [3.05, 3.63) is 51.1 Å². The van der Waals surface area contributed by atoms with Gasteiger partial charge in [0.1, 0.15) is 6.04 Å². The highest BCUT2D eigenvalue weighted by Gasteiger charge is 2.35. The lowest BCUT2D eigenvalue weighted by Gasteiger charge is -2.36. The molecule has 3 heterocycles. The largest absolute Gasteiger partial charge is 0.393 e. The van der Waals surface area contributed by atoms with E-state index in [1.807, 2.05) is 46.8 Å². The molecule has 0 amide bonds. The maximum absolute atomic E-state index is 13.3. The number of pyridine rings is 1. The van der Waals surface area contributed by atoms with E-state index in [4.69, 9.17) is 0 Å². The number of aliphatic hydroxyl groups is 1. The van der Waals surface area contributed by atoms with Crippen molar-refractivity contribution in [3.63, 3.8) is 0 Å². The summed E-state index contributed by atoms with van der Waals surface area (Å²) >= 11 is 0. The summed E-state index contributed by atoms with van der Waals surface area (Å²) < 4.78 is 1.80. The molecule has 1 aromatic carbocycles. The molecule has 0 spiro atoms. The van der Waals surface area contributed by atoms with Crippen LogP contribution in [0, 0.1) is 13.8 Å². The molecule has 0 unspecified atom stereocenters. The van der Waals surface area contributed by atoms with Gasteiger partial charge in [0.15, 0.2) is 5.82 Å². The molecule has 1 atom stereocenters. The molecule has 30 heavy (non-hydrogen) atoms. The molecule has 1 saturated heterocycles. The van der Waals surface area contributed by atoms with Gasteiger partial charge in [-0.3, -0.25) is 9.69 Å². The lowest BCUT2D eigenvalue weighted by molar-refractivity contribution is 0.0647. The van der Waals surface area contributed by atoms with E-state index in [1.54, 1.807) is 4.68 Å². The van der Waals surface area contributed by atoms with E-state index in [1.165, 1.54) is 0 Å². The summed E-state index contributed by atoms with van der Waals surface area (Å²) in [6.45, 7) is 11.5. The van der Waals surface area contributed by atoms with Gasteiger partial charge in [-0.15, -0.1) is 5.10 Å². The molecule has 1 aliphatic rings. The van der Waals surface area contributed by atoms with Crippen LogP contribution < -0.4 is 5.56 Å². The Morgan fingerprint density at radius 3 is 2.57 bits per heavy atom. The number of aromatic nitrogens is 5. The normalized spacial score (nSPS) is 17.5. The van der Waals surface area contributed by atoms with Crippen LogP contribution in [0.5, 0.6) is 0 Å². The molecule has 8 heteroatoms. The minimum atomic E-state index is -0.388. The lowest BCUT2D eigenvalue weighted by atomic mass is 9.97.